The first-order chi connectivity index (χ1) is 11.6. The van der Waals surface area contributed by atoms with Crippen LogP contribution in [-0.4, -0.2) is 28.7 Å². The quantitative estimate of drug-likeness (QED) is 0.716. The Morgan fingerprint density at radius 2 is 2.21 bits per heavy atom. The second-order valence-electron chi connectivity index (χ2n) is 5.40. The fourth-order valence-electron chi connectivity index (χ4n) is 2.38. The van der Waals surface area contributed by atoms with E-state index < -0.39 is 5.76 Å². The zero-order chi connectivity index (χ0) is 16.9. The molecule has 8 heteroatoms. The van der Waals surface area contributed by atoms with Crippen molar-refractivity contribution >= 4 is 28.5 Å². The Bertz CT molecular complexity index is 869. The van der Waals surface area contributed by atoms with Crippen LogP contribution in [0.3, 0.4) is 0 Å². The first-order valence-electron chi connectivity index (χ1n) is 7.64. The van der Waals surface area contributed by atoms with Crippen molar-refractivity contribution in [3.63, 3.8) is 0 Å². The van der Waals surface area contributed by atoms with Gasteiger partial charge in [-0.3, -0.25) is 4.57 Å². The number of oxazole rings is 1. The van der Waals surface area contributed by atoms with Gasteiger partial charge in [0, 0.05) is 37.1 Å². The molecule has 1 atom stereocenters. The monoisotopic (exact) mass is 346 g/mol. The van der Waals surface area contributed by atoms with Crippen LogP contribution in [0.2, 0.25) is 0 Å². The van der Waals surface area contributed by atoms with Crippen LogP contribution in [0.15, 0.2) is 45.1 Å². The van der Waals surface area contributed by atoms with Crippen LogP contribution in [-0.2, 0) is 6.54 Å². The largest absolute Gasteiger partial charge is 0.420 e. The molecule has 0 aliphatic carbocycles. The minimum atomic E-state index is -0.421. The highest BCUT2D eigenvalue weighted by Gasteiger charge is 2.11. The van der Waals surface area contributed by atoms with Gasteiger partial charge in [0.1, 0.15) is 0 Å². The number of carbonyl (C=O) groups is 1. The number of carbonyl (C=O) groups excluding carboxylic acids is 1. The second kappa shape index (κ2) is 7.31. The molecule has 1 aromatic carbocycles. The third kappa shape index (κ3) is 3.65. The molecule has 0 unspecified atom stereocenters. The molecule has 0 fully saturated rings. The number of nitrogens with zero attached hydrogens (tertiary/aromatic N) is 2. The SMILES string of the molecule is C[C@H](CNC(=O)NCCn1c(=O)oc2ccccc21)c1nccs1. The van der Waals surface area contributed by atoms with Crippen molar-refractivity contribution in [3.05, 3.63) is 51.4 Å². The molecule has 2 aromatic heterocycles. The molecule has 0 spiro atoms. The van der Waals surface area contributed by atoms with Crippen molar-refractivity contribution in [2.75, 3.05) is 13.1 Å². The first-order valence-corrected chi connectivity index (χ1v) is 8.52. The van der Waals surface area contributed by atoms with Gasteiger partial charge in [0.15, 0.2) is 5.58 Å². The third-order valence-electron chi connectivity index (χ3n) is 3.64. The lowest BCUT2D eigenvalue weighted by atomic mass is 10.2. The summed E-state index contributed by atoms with van der Waals surface area (Å²) >= 11 is 1.57. The Kier molecular flexibility index (Phi) is 4.95. The number of hydrogen-bond acceptors (Lipinski definition) is 5. The van der Waals surface area contributed by atoms with Gasteiger partial charge in [-0.05, 0) is 12.1 Å². The van der Waals surface area contributed by atoms with E-state index in [1.807, 2.05) is 30.5 Å². The van der Waals surface area contributed by atoms with Crippen LogP contribution >= 0.6 is 11.3 Å². The van der Waals surface area contributed by atoms with Gasteiger partial charge in [-0.15, -0.1) is 11.3 Å². The van der Waals surface area contributed by atoms with Crippen LogP contribution in [0, 0.1) is 0 Å². The van der Waals surface area contributed by atoms with Gasteiger partial charge in [0.2, 0.25) is 0 Å². The van der Waals surface area contributed by atoms with Gasteiger partial charge in [0.05, 0.1) is 10.5 Å². The maximum Gasteiger partial charge on any atom is 0.420 e. The summed E-state index contributed by atoms with van der Waals surface area (Å²) in [4.78, 5) is 27.9. The van der Waals surface area contributed by atoms with Gasteiger partial charge in [-0.1, -0.05) is 19.1 Å². The van der Waals surface area contributed by atoms with Crippen LogP contribution in [0.4, 0.5) is 4.79 Å². The summed E-state index contributed by atoms with van der Waals surface area (Å²) in [6, 6.07) is 6.95. The lowest BCUT2D eigenvalue weighted by Crippen LogP contribution is -2.39. The Hall–Kier alpha value is -2.61. The number of amides is 2. The maximum atomic E-state index is 11.8. The molecule has 2 amide bonds. The maximum absolute atomic E-state index is 11.8. The summed E-state index contributed by atoms with van der Waals surface area (Å²) < 4.78 is 6.66. The molecule has 3 aromatic rings. The highest BCUT2D eigenvalue weighted by molar-refractivity contribution is 7.09. The van der Waals surface area contributed by atoms with Gasteiger partial charge >= 0.3 is 11.8 Å². The molecule has 0 aliphatic rings. The lowest BCUT2D eigenvalue weighted by molar-refractivity contribution is 0.240. The number of thiazole rings is 1. The first kappa shape index (κ1) is 16.3. The Morgan fingerprint density at radius 3 is 3.00 bits per heavy atom. The molecule has 7 nitrogen and oxygen atoms in total. The van der Waals surface area contributed by atoms with Gasteiger partial charge in [-0.2, -0.15) is 0 Å². The molecule has 0 bridgehead atoms. The van der Waals surface area contributed by atoms with Gasteiger partial charge in [0.25, 0.3) is 0 Å². The van der Waals surface area contributed by atoms with Crippen molar-refractivity contribution in [2.45, 2.75) is 19.4 Å². The number of aromatic nitrogens is 2. The second-order valence-corrected chi connectivity index (χ2v) is 6.32. The summed E-state index contributed by atoms with van der Waals surface area (Å²) in [5.74, 6) is -0.257. The smallest absolute Gasteiger partial charge is 0.408 e. The van der Waals surface area contributed by atoms with E-state index in [9.17, 15) is 9.59 Å². The average molecular weight is 346 g/mol. The zero-order valence-corrected chi connectivity index (χ0v) is 14.0. The number of benzene rings is 1. The molecule has 0 radical (unpaired) electrons. The highest BCUT2D eigenvalue weighted by atomic mass is 32.1. The molecule has 0 aliphatic heterocycles. The fourth-order valence-corrected chi connectivity index (χ4v) is 3.08. The molecule has 2 heterocycles. The van der Waals surface area contributed by atoms with E-state index >= 15 is 0 Å². The highest BCUT2D eigenvalue weighted by Crippen LogP contribution is 2.16. The molecular formula is C16H18N4O3S. The Balaban J connectivity index is 1.48. The summed E-state index contributed by atoms with van der Waals surface area (Å²) in [5.41, 5.74) is 1.27. The molecule has 3 rings (SSSR count). The van der Waals surface area contributed by atoms with Crippen LogP contribution in [0.5, 0.6) is 0 Å². The lowest BCUT2D eigenvalue weighted by Gasteiger charge is -2.11. The number of fused-ring (bicyclic) bond motifs is 1. The van der Waals surface area contributed by atoms with Crippen molar-refractivity contribution in [2.24, 2.45) is 0 Å². The number of urea groups is 1. The third-order valence-corrected chi connectivity index (χ3v) is 4.64. The van der Waals surface area contributed by atoms with Crippen molar-refractivity contribution in [1.82, 2.24) is 20.2 Å². The van der Waals surface area contributed by atoms with Crippen molar-refractivity contribution < 1.29 is 9.21 Å². The fraction of sp³-hybridized carbons (Fsp3) is 0.312. The predicted octanol–water partition coefficient (Wildman–Crippen LogP) is 2.15. The van der Waals surface area contributed by atoms with Gasteiger partial charge in [-0.25, -0.2) is 14.6 Å². The zero-order valence-electron chi connectivity index (χ0n) is 13.2. The normalized spacial score (nSPS) is 12.2. The molecule has 126 valence electrons. The van der Waals surface area contributed by atoms with Crippen molar-refractivity contribution in [3.8, 4) is 0 Å². The summed E-state index contributed by atoms with van der Waals surface area (Å²) in [6.45, 7) is 3.20. The Labute approximate surface area is 142 Å². The number of nitrogens with one attached hydrogen (secondary N) is 2. The molecule has 24 heavy (non-hydrogen) atoms. The standard InChI is InChI=1S/C16H18N4O3S/c1-11(14-17-7-9-24-14)10-19-15(21)18-6-8-20-12-4-2-3-5-13(12)23-16(20)22/h2-5,7,9,11H,6,8,10H2,1H3,(H2,18,19,21)/t11-/m1/s1. The van der Waals surface area contributed by atoms with Crippen LogP contribution in [0.25, 0.3) is 11.1 Å². The van der Waals surface area contributed by atoms with E-state index in [0.29, 0.717) is 25.2 Å². The van der Waals surface area contributed by atoms with Crippen LogP contribution < -0.4 is 16.4 Å². The van der Waals surface area contributed by atoms with E-state index in [1.54, 1.807) is 23.6 Å². The Morgan fingerprint density at radius 1 is 1.38 bits per heavy atom. The number of rotatable bonds is 6. The molecular weight excluding hydrogens is 328 g/mol. The molecule has 2 N–H and O–H groups in total. The number of para-hydroxylation sites is 2. The van der Waals surface area contributed by atoms with Crippen LogP contribution in [0.1, 0.15) is 17.8 Å². The summed E-state index contributed by atoms with van der Waals surface area (Å²) in [7, 11) is 0. The topological polar surface area (TPSA) is 89.2 Å². The molecule has 0 saturated heterocycles. The summed E-state index contributed by atoms with van der Waals surface area (Å²) in [6.07, 6.45) is 1.75. The predicted molar refractivity (Wildman–Crippen MR) is 92.4 cm³/mol. The van der Waals surface area contributed by atoms with E-state index in [-0.39, 0.29) is 11.9 Å². The molecule has 0 saturated carbocycles. The van der Waals surface area contributed by atoms with E-state index in [4.69, 9.17) is 4.42 Å². The average Bonchev–Trinajstić information content (AvgIpc) is 3.21. The van der Waals surface area contributed by atoms with Crippen molar-refractivity contribution in [1.29, 1.82) is 0 Å². The minimum absolute atomic E-state index is 0.163. The van der Waals surface area contributed by atoms with E-state index in [0.717, 1.165) is 10.5 Å². The van der Waals surface area contributed by atoms with E-state index in [2.05, 4.69) is 15.6 Å². The van der Waals surface area contributed by atoms with Gasteiger partial charge < -0.3 is 15.1 Å². The summed E-state index contributed by atoms with van der Waals surface area (Å²) in [5, 5.41) is 8.46. The van der Waals surface area contributed by atoms with E-state index in [1.165, 1.54) is 4.57 Å². The number of hydrogen-bond donors (Lipinski definition) is 2. The minimum Gasteiger partial charge on any atom is -0.408 e.